The zero-order chi connectivity index (χ0) is 36.6. The summed E-state index contributed by atoms with van der Waals surface area (Å²) in [5.41, 5.74) is 0. The minimum absolute atomic E-state index is 0.0639. The van der Waals surface area contributed by atoms with Crippen LogP contribution in [0.5, 0.6) is 0 Å². The van der Waals surface area contributed by atoms with Crippen molar-refractivity contribution in [2.45, 2.75) is 252 Å². The van der Waals surface area contributed by atoms with Gasteiger partial charge in [0, 0.05) is 19.3 Å². The van der Waals surface area contributed by atoms with Crippen molar-refractivity contribution in [3.8, 4) is 0 Å². The minimum atomic E-state index is -0.756. The first-order chi connectivity index (χ1) is 24.5. The normalized spacial score (nSPS) is 11.8. The molecule has 0 saturated heterocycles. The summed E-state index contributed by atoms with van der Waals surface area (Å²) >= 11 is 0. The third kappa shape index (κ3) is 37.7. The number of esters is 3. The lowest BCUT2D eigenvalue weighted by atomic mass is 10.0. The molecule has 6 nitrogen and oxygen atoms in total. The van der Waals surface area contributed by atoms with E-state index in [-0.39, 0.29) is 31.1 Å². The molecule has 0 aliphatic heterocycles. The Bertz CT molecular complexity index is 738. The van der Waals surface area contributed by atoms with Crippen LogP contribution in [-0.2, 0) is 28.6 Å². The van der Waals surface area contributed by atoms with E-state index >= 15 is 0 Å². The lowest BCUT2D eigenvalue weighted by Crippen LogP contribution is -2.30. The van der Waals surface area contributed by atoms with Crippen molar-refractivity contribution in [2.75, 3.05) is 13.2 Å². The summed E-state index contributed by atoms with van der Waals surface area (Å²) in [5.74, 6) is -0.867. The van der Waals surface area contributed by atoms with Crippen LogP contribution < -0.4 is 0 Å². The van der Waals surface area contributed by atoms with Crippen molar-refractivity contribution >= 4 is 17.9 Å². The Morgan fingerprint density at radius 2 is 0.540 bits per heavy atom. The molecule has 0 rings (SSSR count). The lowest BCUT2D eigenvalue weighted by molar-refractivity contribution is -0.167. The molecule has 0 bridgehead atoms. The SMILES string of the molecule is CCCCCCCCCCCCCCCCC(=O)OC[C@@H](COC(=O)CCCCCCC)OC(=O)CCCCCCCCCCCCCCC. The zero-order valence-corrected chi connectivity index (χ0v) is 33.7. The molecule has 0 heterocycles. The summed E-state index contributed by atoms with van der Waals surface area (Å²) in [6, 6.07) is 0. The fourth-order valence-electron chi connectivity index (χ4n) is 6.50. The van der Waals surface area contributed by atoms with Crippen LogP contribution >= 0.6 is 0 Å². The van der Waals surface area contributed by atoms with Gasteiger partial charge in [0.15, 0.2) is 6.10 Å². The second-order valence-electron chi connectivity index (χ2n) is 15.0. The number of ether oxygens (including phenoxy) is 3. The van der Waals surface area contributed by atoms with Gasteiger partial charge in [-0.2, -0.15) is 0 Å². The molecule has 0 unspecified atom stereocenters. The molecule has 0 N–H and O–H groups in total. The third-order valence-electron chi connectivity index (χ3n) is 9.86. The molecule has 0 spiro atoms. The summed E-state index contributed by atoms with van der Waals surface area (Å²) < 4.78 is 16.6. The Hall–Kier alpha value is -1.59. The molecule has 50 heavy (non-hydrogen) atoms. The first-order valence-corrected chi connectivity index (χ1v) is 22.0. The van der Waals surface area contributed by atoms with Crippen molar-refractivity contribution in [2.24, 2.45) is 0 Å². The molecule has 0 aromatic carbocycles. The number of rotatable bonds is 40. The summed E-state index contributed by atoms with van der Waals surface area (Å²) in [4.78, 5) is 37.4. The lowest BCUT2D eigenvalue weighted by Gasteiger charge is -2.18. The molecule has 0 aliphatic carbocycles. The molecule has 6 heteroatoms. The number of carbonyl (C=O) groups is 3. The molecule has 0 amide bonds. The molecule has 0 saturated carbocycles. The van der Waals surface area contributed by atoms with Crippen molar-refractivity contribution in [1.82, 2.24) is 0 Å². The van der Waals surface area contributed by atoms with Crippen LogP contribution in [0.1, 0.15) is 245 Å². The van der Waals surface area contributed by atoms with Crippen LogP contribution in [0.25, 0.3) is 0 Å². The van der Waals surface area contributed by atoms with Gasteiger partial charge in [0.25, 0.3) is 0 Å². The highest BCUT2D eigenvalue weighted by molar-refractivity contribution is 5.71. The first-order valence-electron chi connectivity index (χ1n) is 22.0. The van der Waals surface area contributed by atoms with E-state index in [2.05, 4.69) is 20.8 Å². The predicted molar refractivity (Wildman–Crippen MR) is 210 cm³/mol. The molecule has 1 atom stereocenters. The van der Waals surface area contributed by atoms with Crippen LogP contribution in [0.15, 0.2) is 0 Å². The Labute approximate surface area is 310 Å². The Kier molecular flexibility index (Phi) is 38.9. The van der Waals surface area contributed by atoms with Gasteiger partial charge in [-0.25, -0.2) is 0 Å². The molecule has 0 radical (unpaired) electrons. The highest BCUT2D eigenvalue weighted by atomic mass is 16.6. The van der Waals surface area contributed by atoms with Crippen molar-refractivity contribution < 1.29 is 28.6 Å². The summed E-state index contributed by atoms with van der Waals surface area (Å²) in [6.45, 7) is 6.57. The summed E-state index contributed by atoms with van der Waals surface area (Å²) in [5, 5.41) is 0. The smallest absolute Gasteiger partial charge is 0.306 e. The molecule has 0 aromatic rings. The largest absolute Gasteiger partial charge is 0.462 e. The Balaban J connectivity index is 4.19. The van der Waals surface area contributed by atoms with Crippen molar-refractivity contribution in [1.29, 1.82) is 0 Å². The number of hydrogen-bond acceptors (Lipinski definition) is 6. The molecule has 0 aliphatic rings. The standard InChI is InChI=1S/C44H84O6/c1-4-7-10-13-15-17-19-21-23-24-26-28-31-34-37-43(46)49-40-41(39-48-42(45)36-33-30-12-9-6-3)50-44(47)38-35-32-29-27-25-22-20-18-16-14-11-8-5-2/h41H,4-40H2,1-3H3/t41-/m1/s1. The number of hydrogen-bond donors (Lipinski definition) is 0. The molecule has 0 fully saturated rings. The highest BCUT2D eigenvalue weighted by Crippen LogP contribution is 2.15. The van der Waals surface area contributed by atoms with E-state index < -0.39 is 6.10 Å². The zero-order valence-electron chi connectivity index (χ0n) is 33.7. The fraction of sp³-hybridized carbons (Fsp3) is 0.932. The minimum Gasteiger partial charge on any atom is -0.462 e. The maximum Gasteiger partial charge on any atom is 0.306 e. The topological polar surface area (TPSA) is 78.9 Å². The van der Waals surface area contributed by atoms with Gasteiger partial charge in [-0.05, 0) is 19.3 Å². The second-order valence-corrected chi connectivity index (χ2v) is 15.0. The van der Waals surface area contributed by atoms with Gasteiger partial charge in [-0.3, -0.25) is 14.4 Å². The molecule has 296 valence electrons. The average Bonchev–Trinajstić information content (AvgIpc) is 3.11. The van der Waals surface area contributed by atoms with Crippen molar-refractivity contribution in [3.63, 3.8) is 0 Å². The Morgan fingerprint density at radius 1 is 0.320 bits per heavy atom. The Morgan fingerprint density at radius 3 is 0.800 bits per heavy atom. The van der Waals surface area contributed by atoms with E-state index in [1.165, 1.54) is 141 Å². The predicted octanol–water partition coefficient (Wildman–Crippen LogP) is 13.7. The fourth-order valence-corrected chi connectivity index (χ4v) is 6.50. The van der Waals surface area contributed by atoms with Gasteiger partial charge in [0.2, 0.25) is 0 Å². The van der Waals surface area contributed by atoms with E-state index in [1.54, 1.807) is 0 Å². The van der Waals surface area contributed by atoms with Crippen LogP contribution in [-0.4, -0.2) is 37.2 Å². The van der Waals surface area contributed by atoms with E-state index in [4.69, 9.17) is 14.2 Å². The van der Waals surface area contributed by atoms with Gasteiger partial charge >= 0.3 is 17.9 Å². The van der Waals surface area contributed by atoms with Crippen molar-refractivity contribution in [3.05, 3.63) is 0 Å². The summed E-state index contributed by atoms with van der Waals surface area (Å²) in [7, 11) is 0. The first kappa shape index (κ1) is 48.4. The molecular formula is C44H84O6. The monoisotopic (exact) mass is 709 g/mol. The van der Waals surface area contributed by atoms with Gasteiger partial charge in [0.05, 0.1) is 0 Å². The summed E-state index contributed by atoms with van der Waals surface area (Å²) in [6.07, 6.45) is 39.7. The average molecular weight is 709 g/mol. The maximum absolute atomic E-state index is 12.6. The van der Waals surface area contributed by atoms with Gasteiger partial charge in [-0.15, -0.1) is 0 Å². The van der Waals surface area contributed by atoms with E-state index in [0.717, 1.165) is 64.2 Å². The van der Waals surface area contributed by atoms with E-state index in [1.807, 2.05) is 0 Å². The quantitative estimate of drug-likeness (QED) is 0.0358. The van der Waals surface area contributed by atoms with Crippen LogP contribution in [0.3, 0.4) is 0 Å². The van der Waals surface area contributed by atoms with Crippen LogP contribution in [0.2, 0.25) is 0 Å². The van der Waals surface area contributed by atoms with Gasteiger partial charge in [-0.1, -0.05) is 207 Å². The van der Waals surface area contributed by atoms with Gasteiger partial charge < -0.3 is 14.2 Å². The number of carbonyl (C=O) groups excluding carboxylic acids is 3. The highest BCUT2D eigenvalue weighted by Gasteiger charge is 2.19. The third-order valence-corrected chi connectivity index (χ3v) is 9.86. The number of unbranched alkanes of at least 4 members (excludes halogenated alkanes) is 29. The van der Waals surface area contributed by atoms with Gasteiger partial charge in [0.1, 0.15) is 13.2 Å². The van der Waals surface area contributed by atoms with E-state index in [9.17, 15) is 14.4 Å². The second kappa shape index (κ2) is 40.2. The van der Waals surface area contributed by atoms with E-state index in [0.29, 0.717) is 19.3 Å². The molecule has 0 aromatic heterocycles. The molecular weight excluding hydrogens is 624 g/mol. The maximum atomic E-state index is 12.6. The van der Waals surface area contributed by atoms with Crippen LogP contribution in [0, 0.1) is 0 Å². The van der Waals surface area contributed by atoms with Crippen LogP contribution in [0.4, 0.5) is 0 Å².